The standard InChI is InChI=1S/C13H16BrN3/c1-8-9(2)16-17(10(8)3)13-6-12(14)5-4-11(13)7-15/h4-6H,7,15H2,1-3H3. The Morgan fingerprint density at radius 2 is 2.00 bits per heavy atom. The van der Waals surface area contributed by atoms with Crippen molar-refractivity contribution < 1.29 is 0 Å². The molecule has 0 saturated heterocycles. The van der Waals surface area contributed by atoms with Crippen LogP contribution >= 0.6 is 15.9 Å². The van der Waals surface area contributed by atoms with E-state index in [0.29, 0.717) is 6.54 Å². The first-order valence-electron chi connectivity index (χ1n) is 5.56. The lowest BCUT2D eigenvalue weighted by Gasteiger charge is -2.10. The minimum atomic E-state index is 0.514. The summed E-state index contributed by atoms with van der Waals surface area (Å²) in [5, 5.41) is 4.57. The maximum Gasteiger partial charge on any atom is 0.0704 e. The molecule has 2 rings (SSSR count). The number of aromatic nitrogens is 2. The topological polar surface area (TPSA) is 43.8 Å². The summed E-state index contributed by atoms with van der Waals surface area (Å²) >= 11 is 3.49. The lowest BCUT2D eigenvalue weighted by atomic mass is 10.1. The summed E-state index contributed by atoms with van der Waals surface area (Å²) < 4.78 is 3.01. The fourth-order valence-corrected chi connectivity index (χ4v) is 2.21. The van der Waals surface area contributed by atoms with Crippen LogP contribution in [-0.2, 0) is 6.54 Å². The molecular weight excluding hydrogens is 278 g/mol. The van der Waals surface area contributed by atoms with E-state index in [0.717, 1.165) is 27.1 Å². The highest BCUT2D eigenvalue weighted by Gasteiger charge is 2.12. The van der Waals surface area contributed by atoms with Gasteiger partial charge in [-0.05, 0) is 44.0 Å². The number of hydrogen-bond donors (Lipinski definition) is 1. The Labute approximate surface area is 110 Å². The van der Waals surface area contributed by atoms with Crippen LogP contribution < -0.4 is 5.73 Å². The second-order valence-corrected chi connectivity index (χ2v) is 5.10. The van der Waals surface area contributed by atoms with E-state index in [-0.39, 0.29) is 0 Å². The highest BCUT2D eigenvalue weighted by molar-refractivity contribution is 9.10. The van der Waals surface area contributed by atoms with Gasteiger partial charge >= 0.3 is 0 Å². The second-order valence-electron chi connectivity index (χ2n) is 4.18. The number of aryl methyl sites for hydroxylation is 1. The van der Waals surface area contributed by atoms with Crippen LogP contribution in [0.3, 0.4) is 0 Å². The highest BCUT2D eigenvalue weighted by atomic mass is 79.9. The van der Waals surface area contributed by atoms with Crippen LogP contribution in [0, 0.1) is 20.8 Å². The molecule has 0 atom stereocenters. The molecule has 17 heavy (non-hydrogen) atoms. The Bertz CT molecular complexity index is 558. The smallest absolute Gasteiger partial charge is 0.0704 e. The highest BCUT2D eigenvalue weighted by Crippen LogP contribution is 2.23. The second kappa shape index (κ2) is 4.63. The number of hydrogen-bond acceptors (Lipinski definition) is 2. The summed E-state index contributed by atoms with van der Waals surface area (Å²) in [6.45, 7) is 6.71. The zero-order valence-electron chi connectivity index (χ0n) is 10.3. The third-order valence-corrected chi connectivity index (χ3v) is 3.64. The Hall–Kier alpha value is -1.13. The van der Waals surface area contributed by atoms with Crippen molar-refractivity contribution in [1.29, 1.82) is 0 Å². The van der Waals surface area contributed by atoms with Gasteiger partial charge in [0, 0.05) is 16.7 Å². The van der Waals surface area contributed by atoms with E-state index in [1.54, 1.807) is 0 Å². The van der Waals surface area contributed by atoms with Crippen molar-refractivity contribution in [2.75, 3.05) is 0 Å². The van der Waals surface area contributed by atoms with Crippen LogP contribution in [0.1, 0.15) is 22.5 Å². The monoisotopic (exact) mass is 293 g/mol. The van der Waals surface area contributed by atoms with Crippen molar-refractivity contribution in [2.45, 2.75) is 27.3 Å². The first kappa shape index (κ1) is 12.3. The van der Waals surface area contributed by atoms with Gasteiger partial charge in [-0.3, -0.25) is 0 Å². The van der Waals surface area contributed by atoms with Gasteiger partial charge in [0.1, 0.15) is 0 Å². The van der Waals surface area contributed by atoms with Gasteiger partial charge in [-0.2, -0.15) is 5.10 Å². The van der Waals surface area contributed by atoms with Gasteiger partial charge in [0.2, 0.25) is 0 Å². The van der Waals surface area contributed by atoms with Gasteiger partial charge in [0.05, 0.1) is 11.4 Å². The van der Waals surface area contributed by atoms with Gasteiger partial charge in [-0.25, -0.2) is 4.68 Å². The molecule has 1 heterocycles. The molecule has 0 aliphatic carbocycles. The van der Waals surface area contributed by atoms with Gasteiger partial charge in [0.25, 0.3) is 0 Å². The quantitative estimate of drug-likeness (QED) is 0.925. The Morgan fingerprint density at radius 1 is 1.29 bits per heavy atom. The Morgan fingerprint density at radius 3 is 2.53 bits per heavy atom. The summed E-state index contributed by atoms with van der Waals surface area (Å²) in [4.78, 5) is 0. The molecule has 0 bridgehead atoms. The predicted octanol–water partition coefficient (Wildman–Crippen LogP) is 3.02. The van der Waals surface area contributed by atoms with Crippen LogP contribution in [0.4, 0.5) is 0 Å². The van der Waals surface area contributed by atoms with Gasteiger partial charge in [0.15, 0.2) is 0 Å². The molecule has 0 radical (unpaired) electrons. The normalized spacial score (nSPS) is 10.9. The lowest BCUT2D eigenvalue weighted by molar-refractivity contribution is 0.816. The van der Waals surface area contributed by atoms with Crippen LogP contribution in [-0.4, -0.2) is 9.78 Å². The van der Waals surface area contributed by atoms with Crippen LogP contribution in [0.2, 0.25) is 0 Å². The van der Waals surface area contributed by atoms with Crippen molar-refractivity contribution in [3.8, 4) is 5.69 Å². The molecule has 0 spiro atoms. The van der Waals surface area contributed by atoms with Crippen molar-refractivity contribution in [3.05, 3.63) is 45.2 Å². The number of benzene rings is 1. The summed E-state index contributed by atoms with van der Waals surface area (Å²) in [6.07, 6.45) is 0. The molecule has 0 unspecified atom stereocenters. The maximum atomic E-state index is 5.78. The zero-order chi connectivity index (χ0) is 12.6. The van der Waals surface area contributed by atoms with Gasteiger partial charge in [-0.15, -0.1) is 0 Å². The molecule has 0 aliphatic rings. The first-order chi connectivity index (χ1) is 8.04. The zero-order valence-corrected chi connectivity index (χ0v) is 11.9. The predicted molar refractivity (Wildman–Crippen MR) is 73.4 cm³/mol. The van der Waals surface area contributed by atoms with E-state index < -0.39 is 0 Å². The summed E-state index contributed by atoms with van der Waals surface area (Å²) in [6, 6.07) is 6.09. The van der Waals surface area contributed by atoms with Gasteiger partial charge in [-0.1, -0.05) is 22.0 Å². The van der Waals surface area contributed by atoms with Gasteiger partial charge < -0.3 is 5.73 Å². The Kier molecular flexibility index (Phi) is 3.35. The average Bonchev–Trinajstić information content (AvgIpc) is 2.57. The van der Waals surface area contributed by atoms with Crippen molar-refractivity contribution in [3.63, 3.8) is 0 Å². The van der Waals surface area contributed by atoms with E-state index in [1.165, 1.54) is 5.56 Å². The minimum Gasteiger partial charge on any atom is -0.326 e. The minimum absolute atomic E-state index is 0.514. The third-order valence-electron chi connectivity index (χ3n) is 3.15. The molecule has 2 aromatic rings. The summed E-state index contributed by atoms with van der Waals surface area (Å²) in [5.41, 5.74) is 11.4. The molecule has 3 nitrogen and oxygen atoms in total. The SMILES string of the molecule is Cc1nn(-c2cc(Br)ccc2CN)c(C)c1C. The van der Waals surface area contributed by atoms with Crippen molar-refractivity contribution in [2.24, 2.45) is 5.73 Å². The molecule has 2 N–H and O–H groups in total. The third kappa shape index (κ3) is 2.15. The lowest BCUT2D eigenvalue weighted by Crippen LogP contribution is -2.07. The van der Waals surface area contributed by atoms with Crippen LogP contribution in [0.25, 0.3) is 5.69 Å². The molecule has 0 fully saturated rings. The van der Waals surface area contributed by atoms with E-state index in [9.17, 15) is 0 Å². The fourth-order valence-electron chi connectivity index (χ4n) is 1.86. The maximum absolute atomic E-state index is 5.78. The average molecular weight is 294 g/mol. The van der Waals surface area contributed by atoms with Crippen LogP contribution in [0.5, 0.6) is 0 Å². The van der Waals surface area contributed by atoms with E-state index in [4.69, 9.17) is 5.73 Å². The number of rotatable bonds is 2. The molecule has 1 aromatic heterocycles. The van der Waals surface area contributed by atoms with Crippen LogP contribution in [0.15, 0.2) is 22.7 Å². The molecular formula is C13H16BrN3. The Balaban J connectivity index is 2.67. The molecule has 0 aliphatic heterocycles. The molecule has 1 aromatic carbocycles. The number of nitrogens with two attached hydrogens (primary N) is 1. The molecule has 0 amide bonds. The van der Waals surface area contributed by atoms with Crippen molar-refractivity contribution in [1.82, 2.24) is 9.78 Å². The van der Waals surface area contributed by atoms with E-state index >= 15 is 0 Å². The van der Waals surface area contributed by atoms with E-state index in [2.05, 4.69) is 40.9 Å². The number of nitrogens with zero attached hydrogens (tertiary/aromatic N) is 2. The largest absolute Gasteiger partial charge is 0.326 e. The fraction of sp³-hybridized carbons (Fsp3) is 0.308. The molecule has 4 heteroatoms. The summed E-state index contributed by atoms with van der Waals surface area (Å²) in [5.74, 6) is 0. The van der Waals surface area contributed by atoms with Crippen molar-refractivity contribution >= 4 is 15.9 Å². The summed E-state index contributed by atoms with van der Waals surface area (Å²) in [7, 11) is 0. The van der Waals surface area contributed by atoms with E-state index in [1.807, 2.05) is 23.7 Å². The number of halogens is 1. The first-order valence-corrected chi connectivity index (χ1v) is 6.35. The molecule has 90 valence electrons. The molecule has 0 saturated carbocycles.